The van der Waals surface area contributed by atoms with Crippen LogP contribution in [-0.4, -0.2) is 60.9 Å². The van der Waals surface area contributed by atoms with E-state index < -0.39 is 6.04 Å². The molecule has 30 heavy (non-hydrogen) atoms. The largest absolute Gasteiger partial charge is 0.497 e. The molecule has 2 amide bonds. The number of nitrogens with two attached hydrogens (primary N) is 1. The van der Waals surface area contributed by atoms with Crippen molar-refractivity contribution >= 4 is 24.2 Å². The van der Waals surface area contributed by atoms with Gasteiger partial charge >= 0.3 is 0 Å². The van der Waals surface area contributed by atoms with Gasteiger partial charge < -0.3 is 20.3 Å². The second-order valence-corrected chi connectivity index (χ2v) is 7.35. The molecule has 1 aliphatic heterocycles. The zero-order chi connectivity index (χ0) is 20.6. The highest BCUT2D eigenvalue weighted by Gasteiger charge is 2.27. The van der Waals surface area contributed by atoms with Gasteiger partial charge in [-0.25, -0.2) is 0 Å². The second-order valence-electron chi connectivity index (χ2n) is 7.35. The Kier molecular flexibility index (Phi) is 9.15. The number of ether oxygens (including phenoxy) is 1. The maximum atomic E-state index is 12.6. The molecule has 0 saturated carbocycles. The van der Waals surface area contributed by atoms with Crippen LogP contribution in [0, 0.1) is 0 Å². The van der Waals surface area contributed by atoms with E-state index in [1.807, 2.05) is 59.5 Å². The molecule has 0 spiro atoms. The Balaban J connectivity index is 0.00000320. The maximum absolute atomic E-state index is 12.6. The van der Waals surface area contributed by atoms with Gasteiger partial charge in [0.25, 0.3) is 0 Å². The van der Waals surface area contributed by atoms with E-state index in [2.05, 4.69) is 0 Å². The van der Waals surface area contributed by atoms with Crippen LogP contribution < -0.4 is 10.5 Å². The van der Waals surface area contributed by atoms with Gasteiger partial charge in [-0.05, 0) is 36.1 Å². The van der Waals surface area contributed by atoms with Crippen molar-refractivity contribution in [1.82, 2.24) is 9.80 Å². The number of hydrogen-bond acceptors (Lipinski definition) is 4. The fourth-order valence-corrected chi connectivity index (χ4v) is 3.57. The monoisotopic (exact) mass is 431 g/mol. The predicted octanol–water partition coefficient (Wildman–Crippen LogP) is 2.29. The van der Waals surface area contributed by atoms with Gasteiger partial charge in [-0.1, -0.05) is 42.5 Å². The van der Waals surface area contributed by atoms with Crippen LogP contribution in [0.2, 0.25) is 0 Å². The van der Waals surface area contributed by atoms with E-state index >= 15 is 0 Å². The number of piperazine rings is 1. The molecule has 1 fully saturated rings. The molecule has 0 aliphatic carbocycles. The van der Waals surface area contributed by atoms with E-state index in [9.17, 15) is 9.59 Å². The van der Waals surface area contributed by atoms with Crippen LogP contribution in [-0.2, 0) is 22.4 Å². The molecule has 1 saturated heterocycles. The molecule has 2 aromatic rings. The summed E-state index contributed by atoms with van der Waals surface area (Å²) in [4.78, 5) is 28.8. The van der Waals surface area contributed by atoms with Gasteiger partial charge in [-0.3, -0.25) is 9.59 Å². The lowest BCUT2D eigenvalue weighted by Crippen LogP contribution is -2.54. The van der Waals surface area contributed by atoms with Gasteiger partial charge in [-0.15, -0.1) is 12.4 Å². The summed E-state index contributed by atoms with van der Waals surface area (Å²) in [7, 11) is 1.64. The number of halogens is 1. The zero-order valence-electron chi connectivity index (χ0n) is 17.3. The van der Waals surface area contributed by atoms with Gasteiger partial charge in [0.1, 0.15) is 5.75 Å². The molecular weight excluding hydrogens is 402 g/mol. The van der Waals surface area contributed by atoms with E-state index in [0.717, 1.165) is 16.9 Å². The molecule has 0 unspecified atom stereocenters. The van der Waals surface area contributed by atoms with Gasteiger partial charge in [-0.2, -0.15) is 0 Å². The second kappa shape index (κ2) is 11.6. The number of nitrogens with zero attached hydrogens (tertiary/aromatic N) is 2. The lowest BCUT2D eigenvalue weighted by atomic mass is 10.1. The van der Waals surface area contributed by atoms with Crippen LogP contribution in [0.1, 0.15) is 17.5 Å². The molecule has 7 heteroatoms. The average Bonchev–Trinajstić information content (AvgIpc) is 2.78. The molecule has 0 radical (unpaired) electrons. The first-order chi connectivity index (χ1) is 14.1. The summed E-state index contributed by atoms with van der Waals surface area (Å²) in [5.74, 6) is 0.895. The van der Waals surface area contributed by atoms with Crippen molar-refractivity contribution in [3.63, 3.8) is 0 Å². The Bertz CT molecular complexity index is 806. The number of carbonyl (C=O) groups excluding carboxylic acids is 2. The van der Waals surface area contributed by atoms with E-state index in [0.29, 0.717) is 45.4 Å². The number of carbonyl (C=O) groups is 2. The minimum absolute atomic E-state index is 0. The Labute approximate surface area is 184 Å². The van der Waals surface area contributed by atoms with Gasteiger partial charge in [0, 0.05) is 32.6 Å². The standard InChI is InChI=1S/C23H29N3O3.ClH/c1-29-20-10-7-18(8-11-20)9-12-22(27)25-13-15-26(16-14-25)23(28)21(24)17-19-5-3-2-4-6-19;/h2-8,10-11,21H,9,12-17,24H2,1H3;1H/t21-;/m0./s1. The summed E-state index contributed by atoms with van der Waals surface area (Å²) in [5, 5.41) is 0. The SMILES string of the molecule is COc1ccc(CCC(=O)N2CCN(C(=O)[C@@H](N)Cc3ccccc3)CC2)cc1.Cl. The maximum Gasteiger partial charge on any atom is 0.239 e. The normalized spacial score (nSPS) is 14.6. The highest BCUT2D eigenvalue weighted by molar-refractivity contribution is 5.85. The number of benzene rings is 2. The quantitative estimate of drug-likeness (QED) is 0.729. The summed E-state index contributed by atoms with van der Waals surface area (Å²) in [6.45, 7) is 2.20. The number of aryl methyl sites for hydroxylation is 1. The van der Waals surface area contributed by atoms with Crippen molar-refractivity contribution in [2.75, 3.05) is 33.3 Å². The van der Waals surface area contributed by atoms with Crippen LogP contribution in [0.4, 0.5) is 0 Å². The van der Waals surface area contributed by atoms with Crippen molar-refractivity contribution in [3.05, 3.63) is 65.7 Å². The van der Waals surface area contributed by atoms with Crippen LogP contribution in [0.15, 0.2) is 54.6 Å². The topological polar surface area (TPSA) is 75.9 Å². The number of rotatable bonds is 7. The van der Waals surface area contributed by atoms with Crippen LogP contribution in [0.25, 0.3) is 0 Å². The molecule has 0 bridgehead atoms. The molecule has 162 valence electrons. The molecule has 3 rings (SSSR count). The molecule has 0 aromatic heterocycles. The van der Waals surface area contributed by atoms with Crippen molar-refractivity contribution in [1.29, 1.82) is 0 Å². The highest BCUT2D eigenvalue weighted by Crippen LogP contribution is 2.14. The van der Waals surface area contributed by atoms with E-state index in [4.69, 9.17) is 10.5 Å². The number of amides is 2. The third kappa shape index (κ3) is 6.47. The number of hydrogen-bond donors (Lipinski definition) is 1. The van der Waals surface area contributed by atoms with Crippen molar-refractivity contribution in [3.8, 4) is 5.75 Å². The van der Waals surface area contributed by atoms with Gasteiger partial charge in [0.05, 0.1) is 13.2 Å². The molecule has 2 N–H and O–H groups in total. The first-order valence-electron chi connectivity index (χ1n) is 10.1. The fourth-order valence-electron chi connectivity index (χ4n) is 3.57. The summed E-state index contributed by atoms with van der Waals surface area (Å²) < 4.78 is 5.15. The smallest absolute Gasteiger partial charge is 0.239 e. The minimum atomic E-state index is -0.547. The summed E-state index contributed by atoms with van der Waals surface area (Å²) >= 11 is 0. The zero-order valence-corrected chi connectivity index (χ0v) is 18.1. The van der Waals surface area contributed by atoms with Crippen molar-refractivity contribution < 1.29 is 14.3 Å². The molecule has 6 nitrogen and oxygen atoms in total. The molecule has 1 atom stereocenters. The summed E-state index contributed by atoms with van der Waals surface area (Å²) in [6.07, 6.45) is 1.69. The molecular formula is C23H30ClN3O3. The lowest BCUT2D eigenvalue weighted by Gasteiger charge is -2.36. The summed E-state index contributed by atoms with van der Waals surface area (Å²) in [5.41, 5.74) is 8.29. The minimum Gasteiger partial charge on any atom is -0.497 e. The summed E-state index contributed by atoms with van der Waals surface area (Å²) in [6, 6.07) is 17.0. The third-order valence-electron chi connectivity index (χ3n) is 5.35. The fraction of sp³-hybridized carbons (Fsp3) is 0.391. The van der Waals surface area contributed by atoms with Crippen LogP contribution in [0.3, 0.4) is 0 Å². The van der Waals surface area contributed by atoms with Crippen LogP contribution in [0.5, 0.6) is 5.75 Å². The molecule has 1 aliphatic rings. The van der Waals surface area contributed by atoms with Gasteiger partial charge in [0.2, 0.25) is 11.8 Å². The Morgan fingerprint density at radius 2 is 1.53 bits per heavy atom. The average molecular weight is 432 g/mol. The van der Waals surface area contributed by atoms with E-state index in [-0.39, 0.29) is 24.2 Å². The molecule has 1 heterocycles. The van der Waals surface area contributed by atoms with E-state index in [1.165, 1.54) is 0 Å². The molecule has 2 aromatic carbocycles. The Hall–Kier alpha value is -2.57. The Morgan fingerprint density at radius 3 is 2.13 bits per heavy atom. The predicted molar refractivity (Wildman–Crippen MR) is 120 cm³/mol. The van der Waals surface area contributed by atoms with Gasteiger partial charge in [0.15, 0.2) is 0 Å². The van der Waals surface area contributed by atoms with E-state index in [1.54, 1.807) is 12.0 Å². The van der Waals surface area contributed by atoms with Crippen molar-refractivity contribution in [2.24, 2.45) is 5.73 Å². The van der Waals surface area contributed by atoms with Crippen LogP contribution >= 0.6 is 12.4 Å². The Morgan fingerprint density at radius 1 is 0.933 bits per heavy atom. The first-order valence-corrected chi connectivity index (χ1v) is 10.1. The highest BCUT2D eigenvalue weighted by atomic mass is 35.5. The third-order valence-corrected chi connectivity index (χ3v) is 5.35. The number of methoxy groups -OCH3 is 1. The first kappa shape index (κ1) is 23.7. The van der Waals surface area contributed by atoms with Crippen molar-refractivity contribution in [2.45, 2.75) is 25.3 Å². The lowest BCUT2D eigenvalue weighted by molar-refractivity contribution is -0.140.